The van der Waals surface area contributed by atoms with Gasteiger partial charge in [0.05, 0.1) is 5.92 Å². The molecule has 1 N–H and O–H groups in total. The molecule has 1 atom stereocenters. The molecule has 0 aromatic heterocycles. The zero-order chi connectivity index (χ0) is 15.5. The average Bonchev–Trinajstić information content (AvgIpc) is 2.55. The second-order valence-corrected chi connectivity index (χ2v) is 5.67. The van der Waals surface area contributed by atoms with Crippen molar-refractivity contribution in [2.24, 2.45) is 5.92 Å². The van der Waals surface area contributed by atoms with Gasteiger partial charge in [-0.1, -0.05) is 67.6 Å². The zero-order valence-corrected chi connectivity index (χ0v) is 12.5. The highest BCUT2D eigenvalue weighted by molar-refractivity contribution is 5.90. The number of benzene rings is 3. The topological polar surface area (TPSA) is 37.3 Å². The lowest BCUT2D eigenvalue weighted by atomic mass is 9.92. The first-order valence-corrected chi connectivity index (χ1v) is 7.45. The van der Waals surface area contributed by atoms with Crippen LogP contribution in [-0.4, -0.2) is 11.1 Å². The Hall–Kier alpha value is -2.61. The second-order valence-electron chi connectivity index (χ2n) is 5.67. The summed E-state index contributed by atoms with van der Waals surface area (Å²) in [5, 5.41) is 11.5. The molecule has 0 aliphatic heterocycles. The maximum absolute atomic E-state index is 11.2. The van der Waals surface area contributed by atoms with Crippen molar-refractivity contribution in [2.75, 3.05) is 0 Å². The van der Waals surface area contributed by atoms with E-state index in [1.54, 1.807) is 6.92 Å². The monoisotopic (exact) mass is 290 g/mol. The fourth-order valence-electron chi connectivity index (χ4n) is 2.77. The predicted octanol–water partition coefficient (Wildman–Crippen LogP) is 4.77. The Labute approximate surface area is 130 Å². The van der Waals surface area contributed by atoms with Crippen LogP contribution in [0.2, 0.25) is 0 Å². The predicted molar refractivity (Wildman–Crippen MR) is 89.9 cm³/mol. The van der Waals surface area contributed by atoms with Gasteiger partial charge in [0.25, 0.3) is 0 Å². The van der Waals surface area contributed by atoms with Crippen molar-refractivity contribution in [3.8, 4) is 11.1 Å². The highest BCUT2D eigenvalue weighted by Gasteiger charge is 2.14. The summed E-state index contributed by atoms with van der Waals surface area (Å²) in [4.78, 5) is 11.2. The Bertz CT molecular complexity index is 806. The van der Waals surface area contributed by atoms with Gasteiger partial charge in [0.2, 0.25) is 0 Å². The Morgan fingerprint density at radius 2 is 1.64 bits per heavy atom. The standard InChI is InChI=1S/C20H18O2/c1-14(20(21)22)11-18-13-17(15-7-3-2-4-8-15)12-16-9-5-6-10-19(16)18/h2-10,12-14H,11H2,1H3,(H,21,22). The molecule has 0 bridgehead atoms. The van der Waals surface area contributed by atoms with Gasteiger partial charge < -0.3 is 5.11 Å². The molecule has 22 heavy (non-hydrogen) atoms. The van der Waals surface area contributed by atoms with Crippen LogP contribution in [0.4, 0.5) is 0 Å². The fraction of sp³-hybridized carbons (Fsp3) is 0.150. The third-order valence-electron chi connectivity index (χ3n) is 4.00. The highest BCUT2D eigenvalue weighted by atomic mass is 16.4. The number of carboxylic acid groups (broad SMARTS) is 1. The summed E-state index contributed by atoms with van der Waals surface area (Å²) in [5.41, 5.74) is 3.37. The number of fused-ring (bicyclic) bond motifs is 1. The first-order valence-electron chi connectivity index (χ1n) is 7.45. The summed E-state index contributed by atoms with van der Waals surface area (Å²) in [7, 11) is 0. The Balaban J connectivity index is 2.14. The smallest absolute Gasteiger partial charge is 0.306 e. The van der Waals surface area contributed by atoms with Gasteiger partial charge in [0.15, 0.2) is 0 Å². The average molecular weight is 290 g/mol. The molecule has 110 valence electrons. The Morgan fingerprint density at radius 3 is 2.36 bits per heavy atom. The van der Waals surface area contributed by atoms with Gasteiger partial charge in [-0.2, -0.15) is 0 Å². The summed E-state index contributed by atoms with van der Waals surface area (Å²) in [5.74, 6) is -1.15. The largest absolute Gasteiger partial charge is 0.481 e. The number of aliphatic carboxylic acids is 1. The van der Waals surface area contributed by atoms with Crippen LogP contribution in [0.1, 0.15) is 12.5 Å². The van der Waals surface area contributed by atoms with Gasteiger partial charge in [-0.25, -0.2) is 0 Å². The molecule has 2 nitrogen and oxygen atoms in total. The van der Waals surface area contributed by atoms with Crippen LogP contribution in [-0.2, 0) is 11.2 Å². The molecule has 0 heterocycles. The summed E-state index contributed by atoms with van der Waals surface area (Å²) < 4.78 is 0. The van der Waals surface area contributed by atoms with Crippen LogP contribution < -0.4 is 0 Å². The third kappa shape index (κ3) is 2.86. The first kappa shape index (κ1) is 14.3. The molecule has 3 aromatic carbocycles. The number of hydrogen-bond acceptors (Lipinski definition) is 1. The lowest BCUT2D eigenvalue weighted by molar-refractivity contribution is -0.141. The number of carbonyl (C=O) groups is 1. The van der Waals surface area contributed by atoms with E-state index < -0.39 is 11.9 Å². The molecular formula is C20H18O2. The van der Waals surface area contributed by atoms with Crippen LogP contribution in [0.3, 0.4) is 0 Å². The molecule has 2 heteroatoms. The van der Waals surface area contributed by atoms with Crippen molar-refractivity contribution in [3.05, 3.63) is 72.3 Å². The summed E-state index contributed by atoms with van der Waals surface area (Å²) in [6.45, 7) is 1.76. The van der Waals surface area contributed by atoms with Gasteiger partial charge in [0.1, 0.15) is 0 Å². The van der Waals surface area contributed by atoms with E-state index in [1.807, 2.05) is 30.3 Å². The van der Waals surface area contributed by atoms with Crippen molar-refractivity contribution in [1.82, 2.24) is 0 Å². The SMILES string of the molecule is CC(Cc1cc(-c2ccccc2)cc2ccccc12)C(=O)O. The zero-order valence-electron chi connectivity index (χ0n) is 12.5. The molecule has 1 unspecified atom stereocenters. The fourth-order valence-corrected chi connectivity index (χ4v) is 2.77. The normalized spacial score (nSPS) is 12.2. The lowest BCUT2D eigenvalue weighted by Gasteiger charge is -2.13. The van der Waals surface area contributed by atoms with Crippen LogP contribution in [0.25, 0.3) is 21.9 Å². The Kier molecular flexibility index (Phi) is 3.92. The van der Waals surface area contributed by atoms with Crippen LogP contribution in [0.15, 0.2) is 66.7 Å². The van der Waals surface area contributed by atoms with Crippen LogP contribution in [0.5, 0.6) is 0 Å². The summed E-state index contributed by atoms with van der Waals surface area (Å²) in [6, 6.07) is 22.6. The molecule has 0 saturated heterocycles. The molecule has 0 radical (unpaired) electrons. The minimum absolute atomic E-state index is 0.394. The van der Waals surface area contributed by atoms with Gasteiger partial charge in [0, 0.05) is 0 Å². The minimum atomic E-state index is -0.755. The van der Waals surface area contributed by atoms with Gasteiger partial charge >= 0.3 is 5.97 Å². The van der Waals surface area contributed by atoms with E-state index in [1.165, 1.54) is 0 Å². The molecular weight excluding hydrogens is 272 g/mol. The molecule has 0 aliphatic rings. The lowest BCUT2D eigenvalue weighted by Crippen LogP contribution is -2.12. The van der Waals surface area contributed by atoms with Crippen molar-refractivity contribution >= 4 is 16.7 Å². The summed E-state index contributed by atoms with van der Waals surface area (Å²) >= 11 is 0. The van der Waals surface area contributed by atoms with Gasteiger partial charge in [-0.05, 0) is 39.9 Å². The van der Waals surface area contributed by atoms with Crippen molar-refractivity contribution < 1.29 is 9.90 Å². The quantitative estimate of drug-likeness (QED) is 0.751. The highest BCUT2D eigenvalue weighted by Crippen LogP contribution is 2.29. The van der Waals surface area contributed by atoms with Crippen molar-refractivity contribution in [1.29, 1.82) is 0 Å². The van der Waals surface area contributed by atoms with Gasteiger partial charge in [-0.3, -0.25) is 4.79 Å². The van der Waals surface area contributed by atoms with E-state index in [0.717, 1.165) is 27.5 Å². The molecule has 0 amide bonds. The molecule has 0 saturated carbocycles. The number of carboxylic acids is 1. The van der Waals surface area contributed by atoms with E-state index in [9.17, 15) is 9.90 Å². The van der Waals surface area contributed by atoms with Crippen LogP contribution >= 0.6 is 0 Å². The number of hydrogen-bond donors (Lipinski definition) is 1. The van der Waals surface area contributed by atoms with E-state index in [4.69, 9.17) is 0 Å². The van der Waals surface area contributed by atoms with Crippen molar-refractivity contribution in [2.45, 2.75) is 13.3 Å². The van der Waals surface area contributed by atoms with E-state index >= 15 is 0 Å². The first-order chi connectivity index (χ1) is 10.6. The maximum Gasteiger partial charge on any atom is 0.306 e. The van der Waals surface area contributed by atoms with Crippen LogP contribution in [0, 0.1) is 5.92 Å². The third-order valence-corrected chi connectivity index (χ3v) is 4.00. The maximum atomic E-state index is 11.2. The van der Waals surface area contributed by atoms with Gasteiger partial charge in [-0.15, -0.1) is 0 Å². The summed E-state index contributed by atoms with van der Waals surface area (Å²) in [6.07, 6.45) is 0.538. The molecule has 0 aliphatic carbocycles. The van der Waals surface area contributed by atoms with E-state index in [2.05, 4.69) is 36.4 Å². The van der Waals surface area contributed by atoms with Crippen molar-refractivity contribution in [3.63, 3.8) is 0 Å². The Morgan fingerprint density at radius 1 is 0.955 bits per heavy atom. The molecule has 0 spiro atoms. The second kappa shape index (κ2) is 6.02. The minimum Gasteiger partial charge on any atom is -0.481 e. The molecule has 0 fully saturated rings. The molecule has 3 aromatic rings. The number of rotatable bonds is 4. The van der Waals surface area contributed by atoms with E-state index in [-0.39, 0.29) is 0 Å². The molecule has 3 rings (SSSR count). The van der Waals surface area contributed by atoms with E-state index in [0.29, 0.717) is 6.42 Å².